The van der Waals surface area contributed by atoms with E-state index in [1.54, 1.807) is 19.1 Å². The van der Waals surface area contributed by atoms with E-state index in [1.807, 2.05) is 24.3 Å². The number of amides is 2. The van der Waals surface area contributed by atoms with E-state index >= 15 is 0 Å². The van der Waals surface area contributed by atoms with Crippen LogP contribution in [0.5, 0.6) is 11.5 Å². The number of nitrogens with one attached hydrogen (secondary N) is 1. The SMILES string of the molecule is COc1ccccc1OCCN(C)C(=O)NC1CCC(C(=O)O)CC1. The zero-order valence-electron chi connectivity index (χ0n) is 14.7. The highest BCUT2D eigenvalue weighted by atomic mass is 16.5. The number of carboxylic acids is 1. The van der Waals surface area contributed by atoms with E-state index in [0.717, 1.165) is 0 Å². The predicted molar refractivity (Wildman–Crippen MR) is 93.0 cm³/mol. The Morgan fingerprint density at radius 3 is 2.44 bits per heavy atom. The third-order valence-electron chi connectivity index (χ3n) is 4.50. The smallest absolute Gasteiger partial charge is 0.317 e. The first-order valence-electron chi connectivity index (χ1n) is 8.51. The lowest BCUT2D eigenvalue weighted by Gasteiger charge is -2.28. The van der Waals surface area contributed by atoms with Gasteiger partial charge in [-0.2, -0.15) is 0 Å². The van der Waals surface area contributed by atoms with Crippen molar-refractivity contribution >= 4 is 12.0 Å². The van der Waals surface area contributed by atoms with Crippen molar-refractivity contribution in [3.8, 4) is 11.5 Å². The van der Waals surface area contributed by atoms with Crippen LogP contribution in [0.1, 0.15) is 25.7 Å². The molecule has 138 valence electrons. The van der Waals surface area contributed by atoms with Gasteiger partial charge in [0.2, 0.25) is 0 Å². The number of methoxy groups -OCH3 is 1. The number of nitrogens with zero attached hydrogens (tertiary/aromatic N) is 1. The summed E-state index contributed by atoms with van der Waals surface area (Å²) in [4.78, 5) is 24.7. The number of urea groups is 1. The van der Waals surface area contributed by atoms with Crippen LogP contribution in [0.3, 0.4) is 0 Å². The Bertz CT molecular complexity index is 585. The Kier molecular flexibility index (Phi) is 6.91. The van der Waals surface area contributed by atoms with E-state index in [2.05, 4.69) is 5.32 Å². The fourth-order valence-corrected chi connectivity index (χ4v) is 2.90. The molecule has 0 atom stereocenters. The number of rotatable bonds is 7. The molecule has 1 aromatic rings. The molecule has 1 saturated carbocycles. The number of para-hydroxylation sites is 2. The zero-order chi connectivity index (χ0) is 18.2. The Morgan fingerprint density at radius 2 is 1.84 bits per heavy atom. The van der Waals surface area contributed by atoms with Gasteiger partial charge in [-0.3, -0.25) is 4.79 Å². The number of ether oxygens (including phenoxy) is 2. The molecule has 1 aliphatic rings. The minimum Gasteiger partial charge on any atom is -0.493 e. The van der Waals surface area contributed by atoms with Gasteiger partial charge in [-0.1, -0.05) is 12.1 Å². The Balaban J connectivity index is 1.71. The molecule has 2 amide bonds. The standard InChI is InChI=1S/C18H26N2O5/c1-20(11-12-25-16-6-4-3-5-15(16)24-2)18(23)19-14-9-7-13(8-10-14)17(21)22/h3-6,13-14H,7-12H2,1-2H3,(H,19,23)(H,21,22). The van der Waals surface area contributed by atoms with Gasteiger partial charge in [-0.15, -0.1) is 0 Å². The van der Waals surface area contributed by atoms with Crippen molar-refractivity contribution in [2.24, 2.45) is 5.92 Å². The molecular weight excluding hydrogens is 324 g/mol. The van der Waals surface area contributed by atoms with E-state index in [1.165, 1.54) is 0 Å². The molecule has 2 rings (SSSR count). The van der Waals surface area contributed by atoms with Crippen molar-refractivity contribution in [2.75, 3.05) is 27.3 Å². The van der Waals surface area contributed by atoms with Crippen LogP contribution in [-0.4, -0.2) is 55.4 Å². The highest BCUT2D eigenvalue weighted by Crippen LogP contribution is 2.26. The van der Waals surface area contributed by atoms with Gasteiger partial charge in [-0.05, 0) is 37.8 Å². The number of carbonyl (C=O) groups is 2. The molecule has 0 heterocycles. The lowest BCUT2D eigenvalue weighted by atomic mass is 9.86. The molecule has 0 saturated heterocycles. The minimum atomic E-state index is -0.740. The monoisotopic (exact) mass is 350 g/mol. The minimum absolute atomic E-state index is 0.0423. The maximum absolute atomic E-state index is 12.2. The molecule has 2 N–H and O–H groups in total. The highest BCUT2D eigenvalue weighted by molar-refractivity contribution is 5.74. The van der Waals surface area contributed by atoms with Gasteiger partial charge in [0.25, 0.3) is 0 Å². The number of aliphatic carboxylic acids is 1. The van der Waals surface area contributed by atoms with Gasteiger partial charge < -0.3 is 24.8 Å². The second-order valence-electron chi connectivity index (χ2n) is 6.26. The molecule has 1 fully saturated rings. The summed E-state index contributed by atoms with van der Waals surface area (Å²) >= 11 is 0. The van der Waals surface area contributed by atoms with Crippen LogP contribution in [0.15, 0.2) is 24.3 Å². The molecule has 0 unspecified atom stereocenters. The quantitative estimate of drug-likeness (QED) is 0.788. The number of carboxylic acid groups (broad SMARTS) is 1. The third-order valence-corrected chi connectivity index (χ3v) is 4.50. The number of benzene rings is 1. The van der Waals surface area contributed by atoms with Crippen molar-refractivity contribution in [1.82, 2.24) is 10.2 Å². The topological polar surface area (TPSA) is 88.1 Å². The van der Waals surface area contributed by atoms with E-state index < -0.39 is 5.97 Å². The number of carbonyl (C=O) groups excluding carboxylic acids is 1. The summed E-state index contributed by atoms with van der Waals surface area (Å²) in [5, 5.41) is 12.0. The maximum Gasteiger partial charge on any atom is 0.317 e. The molecule has 1 aromatic carbocycles. The molecule has 0 bridgehead atoms. The summed E-state index contributed by atoms with van der Waals surface area (Å²) in [6, 6.07) is 7.24. The number of hydrogen-bond donors (Lipinski definition) is 2. The largest absolute Gasteiger partial charge is 0.493 e. The van der Waals surface area contributed by atoms with Crippen LogP contribution in [0, 0.1) is 5.92 Å². The summed E-state index contributed by atoms with van der Waals surface area (Å²) < 4.78 is 10.9. The van der Waals surface area contributed by atoms with E-state index in [-0.39, 0.29) is 18.0 Å². The summed E-state index contributed by atoms with van der Waals surface area (Å²) in [7, 11) is 3.30. The van der Waals surface area contributed by atoms with E-state index in [4.69, 9.17) is 14.6 Å². The first kappa shape index (κ1) is 18.9. The van der Waals surface area contributed by atoms with Gasteiger partial charge in [0.15, 0.2) is 11.5 Å². The van der Waals surface area contributed by atoms with Crippen LogP contribution in [0.2, 0.25) is 0 Å². The van der Waals surface area contributed by atoms with Gasteiger partial charge >= 0.3 is 12.0 Å². The van der Waals surface area contributed by atoms with Gasteiger partial charge in [0, 0.05) is 13.1 Å². The van der Waals surface area contributed by atoms with Gasteiger partial charge in [-0.25, -0.2) is 4.79 Å². The molecule has 7 heteroatoms. The number of likely N-dealkylation sites (N-methyl/N-ethyl adjacent to an activating group) is 1. The normalized spacial score (nSPS) is 19.8. The van der Waals surface area contributed by atoms with Crippen LogP contribution in [-0.2, 0) is 4.79 Å². The summed E-state index contributed by atoms with van der Waals surface area (Å²) in [6.07, 6.45) is 2.63. The fourth-order valence-electron chi connectivity index (χ4n) is 2.90. The molecule has 7 nitrogen and oxygen atoms in total. The van der Waals surface area contributed by atoms with Crippen molar-refractivity contribution in [3.05, 3.63) is 24.3 Å². The van der Waals surface area contributed by atoms with Gasteiger partial charge in [0.1, 0.15) is 6.61 Å². The summed E-state index contributed by atoms with van der Waals surface area (Å²) in [6.45, 7) is 0.796. The second kappa shape index (κ2) is 9.15. The first-order chi connectivity index (χ1) is 12.0. The Labute approximate surface area is 147 Å². The van der Waals surface area contributed by atoms with Crippen molar-refractivity contribution in [2.45, 2.75) is 31.7 Å². The van der Waals surface area contributed by atoms with Crippen LogP contribution in [0.25, 0.3) is 0 Å². The van der Waals surface area contributed by atoms with Crippen LogP contribution in [0.4, 0.5) is 4.79 Å². The Hall–Kier alpha value is -2.44. The number of hydrogen-bond acceptors (Lipinski definition) is 4. The molecule has 25 heavy (non-hydrogen) atoms. The molecule has 0 aliphatic heterocycles. The van der Waals surface area contributed by atoms with E-state index in [9.17, 15) is 9.59 Å². The maximum atomic E-state index is 12.2. The van der Waals surface area contributed by atoms with Crippen LogP contribution >= 0.6 is 0 Å². The fraction of sp³-hybridized carbons (Fsp3) is 0.556. The van der Waals surface area contributed by atoms with E-state index in [0.29, 0.717) is 50.3 Å². The average molecular weight is 350 g/mol. The highest BCUT2D eigenvalue weighted by Gasteiger charge is 2.27. The molecule has 0 radical (unpaired) electrons. The summed E-state index contributed by atoms with van der Waals surface area (Å²) in [5.41, 5.74) is 0. The second-order valence-corrected chi connectivity index (χ2v) is 6.26. The molecule has 0 spiro atoms. The predicted octanol–water partition coefficient (Wildman–Crippen LogP) is 2.36. The Morgan fingerprint density at radius 1 is 1.20 bits per heavy atom. The first-order valence-corrected chi connectivity index (χ1v) is 8.51. The molecule has 0 aromatic heterocycles. The van der Waals surface area contributed by atoms with Crippen molar-refractivity contribution in [3.63, 3.8) is 0 Å². The average Bonchev–Trinajstić information content (AvgIpc) is 2.62. The van der Waals surface area contributed by atoms with Crippen molar-refractivity contribution in [1.29, 1.82) is 0 Å². The molecular formula is C18H26N2O5. The third kappa shape index (κ3) is 5.55. The zero-order valence-corrected chi connectivity index (χ0v) is 14.7. The summed E-state index contributed by atoms with van der Waals surface area (Å²) in [5.74, 6) is 0.283. The lowest BCUT2D eigenvalue weighted by molar-refractivity contribution is -0.142. The molecule has 1 aliphatic carbocycles. The lowest BCUT2D eigenvalue weighted by Crippen LogP contribution is -2.45. The van der Waals surface area contributed by atoms with Crippen LogP contribution < -0.4 is 14.8 Å². The van der Waals surface area contributed by atoms with Crippen molar-refractivity contribution < 1.29 is 24.2 Å². The van der Waals surface area contributed by atoms with Gasteiger partial charge in [0.05, 0.1) is 19.6 Å².